The molecule has 4 rings (SSSR count). The molecule has 11 heteroatoms. The van der Waals surface area contributed by atoms with Gasteiger partial charge in [0.05, 0.1) is 23.3 Å². The molecule has 1 amide bonds. The lowest BCUT2D eigenvalue weighted by atomic mass is 10.2. The highest BCUT2D eigenvalue weighted by Gasteiger charge is 2.28. The van der Waals surface area contributed by atoms with Gasteiger partial charge in [-0.2, -0.15) is 5.26 Å². The molecule has 0 saturated carbocycles. The Morgan fingerprint density at radius 3 is 2.69 bits per heavy atom. The highest BCUT2D eigenvalue weighted by molar-refractivity contribution is 5.94. The van der Waals surface area contributed by atoms with Gasteiger partial charge in [-0.3, -0.25) is 23.7 Å². The number of fused-ring (bicyclic) bond motifs is 1. The first-order valence-electron chi connectivity index (χ1n) is 11.8. The third kappa shape index (κ3) is 4.43. The molecular weight excluding hydrogens is 460 g/mol. The molecule has 188 valence electrons. The van der Waals surface area contributed by atoms with E-state index in [-0.39, 0.29) is 23.3 Å². The number of anilines is 1. The highest BCUT2D eigenvalue weighted by Crippen LogP contribution is 2.31. The molecule has 0 radical (unpaired) electrons. The fraction of sp³-hybridized carbons (Fsp3) is 0.400. The van der Waals surface area contributed by atoms with Crippen LogP contribution in [0.1, 0.15) is 41.9 Å². The standard InChI is InChI=1S/C25H30N8O3/c1-16(2)7-12-32-21-20(18(14-26)23(32)31-11-5-8-28-10-13-31)30(3)25(36)33(24(21)35)15-19-17(22(27)34)6-4-9-29-19/h4,6-7,9,28H,5,8,10-13,15H2,1-3H3,(H2,27,34). The molecule has 1 aliphatic rings. The quantitative estimate of drug-likeness (QED) is 0.484. The topological polar surface area (TPSA) is 144 Å². The van der Waals surface area contributed by atoms with Crippen molar-refractivity contribution in [3.63, 3.8) is 0 Å². The third-order valence-electron chi connectivity index (χ3n) is 6.41. The van der Waals surface area contributed by atoms with Crippen LogP contribution in [0.4, 0.5) is 5.82 Å². The van der Waals surface area contributed by atoms with E-state index < -0.39 is 17.2 Å². The molecule has 0 aliphatic carbocycles. The van der Waals surface area contributed by atoms with Crippen molar-refractivity contribution in [2.45, 2.75) is 33.4 Å². The fourth-order valence-electron chi connectivity index (χ4n) is 4.65. The number of nitriles is 1. The van der Waals surface area contributed by atoms with Gasteiger partial charge in [-0.15, -0.1) is 0 Å². The molecule has 11 nitrogen and oxygen atoms in total. The fourth-order valence-corrected chi connectivity index (χ4v) is 4.65. The molecular formula is C25H30N8O3. The molecule has 0 spiro atoms. The predicted molar refractivity (Wildman–Crippen MR) is 137 cm³/mol. The Bertz CT molecular complexity index is 1510. The number of nitrogens with one attached hydrogen (secondary N) is 1. The Morgan fingerprint density at radius 1 is 1.22 bits per heavy atom. The minimum atomic E-state index is -0.695. The maximum absolute atomic E-state index is 13.9. The first-order valence-corrected chi connectivity index (χ1v) is 11.8. The molecule has 4 heterocycles. The number of primary amides is 1. The van der Waals surface area contributed by atoms with E-state index in [0.29, 0.717) is 36.5 Å². The van der Waals surface area contributed by atoms with Gasteiger partial charge < -0.3 is 20.5 Å². The lowest BCUT2D eigenvalue weighted by Gasteiger charge is -2.24. The van der Waals surface area contributed by atoms with Crippen molar-refractivity contribution >= 4 is 22.8 Å². The van der Waals surface area contributed by atoms with E-state index in [1.807, 2.05) is 24.5 Å². The third-order valence-corrected chi connectivity index (χ3v) is 6.41. The van der Waals surface area contributed by atoms with Crippen LogP contribution in [-0.2, 0) is 20.1 Å². The first-order chi connectivity index (χ1) is 17.3. The second-order valence-corrected chi connectivity index (χ2v) is 9.09. The van der Waals surface area contributed by atoms with Crippen molar-refractivity contribution in [2.75, 3.05) is 31.1 Å². The van der Waals surface area contributed by atoms with E-state index in [4.69, 9.17) is 5.73 Å². The Hall–Kier alpha value is -4.17. The molecule has 1 saturated heterocycles. The summed E-state index contributed by atoms with van der Waals surface area (Å²) in [7, 11) is 1.55. The molecule has 1 fully saturated rings. The average Bonchev–Trinajstić information content (AvgIpc) is 2.97. The monoisotopic (exact) mass is 490 g/mol. The van der Waals surface area contributed by atoms with Gasteiger partial charge >= 0.3 is 5.69 Å². The summed E-state index contributed by atoms with van der Waals surface area (Å²) in [5.74, 6) is -0.0611. The van der Waals surface area contributed by atoms with Gasteiger partial charge in [-0.1, -0.05) is 11.6 Å². The number of rotatable bonds is 6. The van der Waals surface area contributed by atoms with Crippen molar-refractivity contribution in [1.82, 2.24) is 24.0 Å². The normalized spacial score (nSPS) is 13.9. The lowest BCUT2D eigenvalue weighted by Crippen LogP contribution is -2.40. The van der Waals surface area contributed by atoms with Crippen LogP contribution < -0.4 is 27.2 Å². The molecule has 36 heavy (non-hydrogen) atoms. The van der Waals surface area contributed by atoms with Crippen molar-refractivity contribution in [3.8, 4) is 6.07 Å². The Morgan fingerprint density at radius 2 is 2.00 bits per heavy atom. The van der Waals surface area contributed by atoms with Gasteiger partial charge in [0.25, 0.3) is 11.5 Å². The molecule has 3 N–H and O–H groups in total. The van der Waals surface area contributed by atoms with E-state index in [0.717, 1.165) is 29.7 Å². The van der Waals surface area contributed by atoms with E-state index in [1.165, 1.54) is 16.8 Å². The molecule has 0 atom stereocenters. The minimum Gasteiger partial charge on any atom is -0.366 e. The van der Waals surface area contributed by atoms with Crippen LogP contribution in [0.25, 0.3) is 11.0 Å². The van der Waals surface area contributed by atoms with Crippen molar-refractivity contribution in [1.29, 1.82) is 5.26 Å². The second-order valence-electron chi connectivity index (χ2n) is 9.09. The number of pyridine rings is 1. The summed E-state index contributed by atoms with van der Waals surface area (Å²) in [5, 5.41) is 13.6. The number of nitrogens with zero attached hydrogens (tertiary/aromatic N) is 6. The largest absolute Gasteiger partial charge is 0.366 e. The SMILES string of the molecule is CC(C)=CCn1c(N2CCCNCC2)c(C#N)c2c1c(=O)n(Cc1ncccc1C(N)=O)c(=O)n2C. The van der Waals surface area contributed by atoms with Crippen LogP contribution in [0.3, 0.4) is 0 Å². The minimum absolute atomic E-state index is 0.141. The van der Waals surface area contributed by atoms with Gasteiger partial charge in [0.2, 0.25) is 0 Å². The van der Waals surface area contributed by atoms with E-state index in [1.54, 1.807) is 13.1 Å². The number of carbonyl (C=O) groups is 1. The zero-order valence-electron chi connectivity index (χ0n) is 20.7. The Labute approximate surface area is 208 Å². The number of allylic oxidation sites excluding steroid dienone is 2. The average molecular weight is 491 g/mol. The van der Waals surface area contributed by atoms with Crippen LogP contribution in [0.5, 0.6) is 0 Å². The summed E-state index contributed by atoms with van der Waals surface area (Å²) < 4.78 is 4.21. The Balaban J connectivity index is 2.04. The van der Waals surface area contributed by atoms with Crippen LogP contribution in [0, 0.1) is 11.3 Å². The predicted octanol–water partition coefficient (Wildman–Crippen LogP) is 0.681. The van der Waals surface area contributed by atoms with Crippen molar-refractivity contribution in [3.05, 3.63) is 67.6 Å². The number of aryl methyl sites for hydroxylation is 1. The molecule has 0 unspecified atom stereocenters. The maximum atomic E-state index is 13.9. The van der Waals surface area contributed by atoms with Crippen molar-refractivity contribution in [2.24, 2.45) is 12.8 Å². The number of carbonyl (C=O) groups excluding carboxylic acids is 1. The lowest BCUT2D eigenvalue weighted by molar-refractivity contribution is 0.0999. The van der Waals surface area contributed by atoms with Gasteiger partial charge in [-0.25, -0.2) is 4.79 Å². The summed E-state index contributed by atoms with van der Waals surface area (Å²) in [6.45, 7) is 7.06. The number of hydrogen-bond acceptors (Lipinski definition) is 7. The number of hydrogen-bond donors (Lipinski definition) is 2. The maximum Gasteiger partial charge on any atom is 0.331 e. The van der Waals surface area contributed by atoms with Gasteiger partial charge in [0.15, 0.2) is 0 Å². The molecule has 0 aromatic carbocycles. The van der Waals surface area contributed by atoms with Crippen LogP contribution in [-0.4, -0.2) is 50.8 Å². The van der Waals surface area contributed by atoms with E-state index in [9.17, 15) is 19.6 Å². The highest BCUT2D eigenvalue weighted by atomic mass is 16.2. The smallest absolute Gasteiger partial charge is 0.331 e. The van der Waals surface area contributed by atoms with Crippen molar-refractivity contribution < 1.29 is 4.79 Å². The first kappa shape index (κ1) is 24.9. The molecule has 3 aromatic rings. The Kier molecular flexibility index (Phi) is 7.07. The second kappa shape index (κ2) is 10.2. The van der Waals surface area contributed by atoms with Gasteiger partial charge in [0.1, 0.15) is 23.0 Å². The van der Waals surface area contributed by atoms with Gasteiger partial charge in [-0.05, 0) is 38.9 Å². The van der Waals surface area contributed by atoms with Gasteiger partial charge in [0, 0.05) is 39.4 Å². The summed E-state index contributed by atoms with van der Waals surface area (Å²) in [6, 6.07) is 5.35. The van der Waals surface area contributed by atoms with E-state index >= 15 is 0 Å². The van der Waals surface area contributed by atoms with E-state index in [2.05, 4.69) is 21.3 Å². The summed E-state index contributed by atoms with van der Waals surface area (Å²) in [4.78, 5) is 45.5. The summed E-state index contributed by atoms with van der Waals surface area (Å²) >= 11 is 0. The van der Waals surface area contributed by atoms with Crippen LogP contribution >= 0.6 is 0 Å². The number of aromatic nitrogens is 4. The molecule has 0 bridgehead atoms. The molecule has 1 aliphatic heterocycles. The zero-order chi connectivity index (χ0) is 26.0. The van der Waals surface area contributed by atoms with Crippen LogP contribution in [0.2, 0.25) is 0 Å². The molecule has 3 aromatic heterocycles. The van der Waals surface area contributed by atoms with Crippen LogP contribution in [0.15, 0.2) is 39.6 Å². The zero-order valence-corrected chi connectivity index (χ0v) is 20.7. The number of amides is 1. The number of nitrogens with two attached hydrogens (primary N) is 1. The summed E-state index contributed by atoms with van der Waals surface area (Å²) in [5.41, 5.74) is 6.62. The summed E-state index contributed by atoms with van der Waals surface area (Å²) in [6.07, 6.45) is 4.35.